The minimum atomic E-state index is 0.439. The van der Waals surface area contributed by atoms with Gasteiger partial charge in [0.2, 0.25) is 0 Å². The van der Waals surface area contributed by atoms with E-state index >= 15 is 0 Å². The van der Waals surface area contributed by atoms with Crippen LogP contribution in [0.2, 0.25) is 0 Å². The summed E-state index contributed by atoms with van der Waals surface area (Å²) in [5.41, 5.74) is 10.2. The van der Waals surface area contributed by atoms with Gasteiger partial charge >= 0.3 is 0 Å². The molecule has 0 saturated heterocycles. The number of nitrogens with two attached hydrogens (primary N) is 1. The lowest BCUT2D eigenvalue weighted by atomic mass is 10.1. The van der Waals surface area contributed by atoms with E-state index in [0.29, 0.717) is 12.4 Å². The Morgan fingerprint density at radius 3 is 2.39 bits per heavy atom. The second-order valence-electron chi connectivity index (χ2n) is 4.67. The molecule has 0 saturated carbocycles. The van der Waals surface area contributed by atoms with Crippen LogP contribution >= 0.6 is 0 Å². The van der Waals surface area contributed by atoms with E-state index in [1.54, 1.807) is 4.68 Å². The van der Waals surface area contributed by atoms with Crippen LogP contribution in [0, 0.1) is 20.8 Å². The van der Waals surface area contributed by atoms with Crippen molar-refractivity contribution in [3.63, 3.8) is 0 Å². The lowest BCUT2D eigenvalue weighted by Gasteiger charge is -2.10. The Kier molecular flexibility index (Phi) is 3.28. The molecule has 1 heterocycles. The average molecular weight is 245 g/mol. The number of aromatic nitrogens is 2. The molecule has 0 aliphatic heterocycles. The predicted molar refractivity (Wildman–Crippen MR) is 72.6 cm³/mol. The van der Waals surface area contributed by atoms with Crippen molar-refractivity contribution in [2.75, 3.05) is 5.73 Å². The molecule has 4 heteroatoms. The predicted octanol–water partition coefficient (Wildman–Crippen LogP) is 2.51. The van der Waals surface area contributed by atoms with E-state index < -0.39 is 0 Å². The van der Waals surface area contributed by atoms with Crippen molar-refractivity contribution in [3.05, 3.63) is 40.6 Å². The molecule has 4 nitrogen and oxygen atoms in total. The summed E-state index contributed by atoms with van der Waals surface area (Å²) in [4.78, 5) is 0. The van der Waals surface area contributed by atoms with Gasteiger partial charge in [0.15, 0.2) is 0 Å². The zero-order chi connectivity index (χ0) is 13.3. The zero-order valence-electron chi connectivity index (χ0n) is 11.3. The maximum atomic E-state index is 5.80. The van der Waals surface area contributed by atoms with Crippen LogP contribution in [-0.4, -0.2) is 9.78 Å². The molecule has 0 aliphatic rings. The van der Waals surface area contributed by atoms with Crippen LogP contribution < -0.4 is 10.5 Å². The number of benzene rings is 1. The van der Waals surface area contributed by atoms with Crippen LogP contribution in [0.5, 0.6) is 5.75 Å². The molecule has 0 bridgehead atoms. The van der Waals surface area contributed by atoms with E-state index in [9.17, 15) is 0 Å². The van der Waals surface area contributed by atoms with Gasteiger partial charge in [0.25, 0.3) is 0 Å². The average Bonchev–Trinajstić information content (AvgIpc) is 2.62. The molecule has 0 unspecified atom stereocenters. The highest BCUT2D eigenvalue weighted by molar-refractivity contribution is 5.41. The molecule has 0 spiro atoms. The van der Waals surface area contributed by atoms with E-state index in [4.69, 9.17) is 10.5 Å². The first-order valence-corrected chi connectivity index (χ1v) is 5.96. The number of nitrogen functional groups attached to an aromatic ring is 1. The zero-order valence-corrected chi connectivity index (χ0v) is 11.3. The minimum Gasteiger partial charge on any atom is -0.487 e. The second-order valence-corrected chi connectivity index (χ2v) is 4.67. The Morgan fingerprint density at radius 1 is 1.11 bits per heavy atom. The summed E-state index contributed by atoms with van der Waals surface area (Å²) in [5, 5.41) is 4.26. The second kappa shape index (κ2) is 4.72. The number of nitrogens with zero attached hydrogens (tertiary/aromatic N) is 2. The summed E-state index contributed by atoms with van der Waals surface area (Å²) in [5.74, 6) is 1.55. The summed E-state index contributed by atoms with van der Waals surface area (Å²) < 4.78 is 7.44. The fraction of sp³-hybridized carbons (Fsp3) is 0.357. The number of rotatable bonds is 3. The van der Waals surface area contributed by atoms with Gasteiger partial charge in [-0.2, -0.15) is 5.10 Å². The van der Waals surface area contributed by atoms with Crippen molar-refractivity contribution in [2.45, 2.75) is 27.4 Å². The Hall–Kier alpha value is -1.97. The SMILES string of the molecule is Cc1cc(C)c(OCc2cc(N)n(C)n2)cc1C. The molecule has 1 aromatic carbocycles. The lowest BCUT2D eigenvalue weighted by Crippen LogP contribution is -2.00. The summed E-state index contributed by atoms with van der Waals surface area (Å²) in [6.45, 7) is 6.68. The highest BCUT2D eigenvalue weighted by atomic mass is 16.5. The van der Waals surface area contributed by atoms with E-state index in [2.05, 4.69) is 38.0 Å². The van der Waals surface area contributed by atoms with E-state index in [-0.39, 0.29) is 0 Å². The highest BCUT2D eigenvalue weighted by Gasteiger charge is 2.06. The first-order chi connectivity index (χ1) is 8.47. The van der Waals surface area contributed by atoms with E-state index in [0.717, 1.165) is 17.0 Å². The Morgan fingerprint density at radius 2 is 1.78 bits per heavy atom. The van der Waals surface area contributed by atoms with Crippen molar-refractivity contribution in [1.82, 2.24) is 9.78 Å². The van der Waals surface area contributed by atoms with Gasteiger partial charge in [0.1, 0.15) is 23.9 Å². The highest BCUT2D eigenvalue weighted by Crippen LogP contribution is 2.23. The van der Waals surface area contributed by atoms with Crippen LogP contribution in [0.3, 0.4) is 0 Å². The summed E-state index contributed by atoms with van der Waals surface area (Å²) in [7, 11) is 1.82. The van der Waals surface area contributed by atoms with Crippen molar-refractivity contribution < 1.29 is 4.74 Å². The van der Waals surface area contributed by atoms with Crippen LogP contribution in [0.25, 0.3) is 0 Å². The summed E-state index contributed by atoms with van der Waals surface area (Å²) in [6.07, 6.45) is 0. The molecule has 0 amide bonds. The Bertz CT molecular complexity index is 553. The van der Waals surface area contributed by atoms with Gasteiger partial charge in [0, 0.05) is 13.1 Å². The molecular formula is C14H19N3O. The van der Waals surface area contributed by atoms with Crippen molar-refractivity contribution in [3.8, 4) is 5.75 Å². The number of anilines is 1. The van der Waals surface area contributed by atoms with E-state index in [1.807, 2.05) is 13.1 Å². The first-order valence-electron chi connectivity index (χ1n) is 5.96. The fourth-order valence-electron chi connectivity index (χ4n) is 1.86. The molecule has 0 radical (unpaired) electrons. The van der Waals surface area contributed by atoms with Gasteiger partial charge in [-0.25, -0.2) is 0 Å². The van der Waals surface area contributed by atoms with Gasteiger partial charge in [0.05, 0.1) is 0 Å². The fourth-order valence-corrected chi connectivity index (χ4v) is 1.86. The molecule has 2 aromatic rings. The van der Waals surface area contributed by atoms with Gasteiger partial charge in [-0.15, -0.1) is 0 Å². The molecule has 1 aromatic heterocycles. The molecule has 18 heavy (non-hydrogen) atoms. The van der Waals surface area contributed by atoms with Crippen molar-refractivity contribution in [2.24, 2.45) is 7.05 Å². The normalized spacial score (nSPS) is 10.7. The third-order valence-corrected chi connectivity index (χ3v) is 3.13. The quantitative estimate of drug-likeness (QED) is 0.904. The summed E-state index contributed by atoms with van der Waals surface area (Å²) >= 11 is 0. The Labute approximate surface area is 107 Å². The molecule has 0 aliphatic carbocycles. The van der Waals surface area contributed by atoms with Crippen LogP contribution in [0.1, 0.15) is 22.4 Å². The molecule has 2 rings (SSSR count). The first kappa shape index (κ1) is 12.5. The number of ether oxygens (including phenoxy) is 1. The number of hydrogen-bond acceptors (Lipinski definition) is 3. The van der Waals surface area contributed by atoms with Crippen molar-refractivity contribution >= 4 is 5.82 Å². The minimum absolute atomic E-state index is 0.439. The number of aryl methyl sites for hydroxylation is 4. The molecule has 0 atom stereocenters. The van der Waals surface area contributed by atoms with Gasteiger partial charge in [-0.05, 0) is 43.5 Å². The number of hydrogen-bond donors (Lipinski definition) is 1. The molecule has 96 valence electrons. The third kappa shape index (κ3) is 2.47. The van der Waals surface area contributed by atoms with Gasteiger partial charge < -0.3 is 10.5 Å². The lowest BCUT2D eigenvalue weighted by molar-refractivity contribution is 0.297. The van der Waals surface area contributed by atoms with Crippen LogP contribution in [0.4, 0.5) is 5.82 Å². The standard InChI is InChI=1S/C14H19N3O/c1-9-5-11(3)13(6-10(9)2)18-8-12-7-14(15)17(4)16-12/h5-7H,8,15H2,1-4H3. The van der Waals surface area contributed by atoms with Gasteiger partial charge in [-0.1, -0.05) is 6.07 Å². The maximum absolute atomic E-state index is 5.80. The van der Waals surface area contributed by atoms with Gasteiger partial charge in [-0.3, -0.25) is 4.68 Å². The molecule has 0 fully saturated rings. The Balaban J connectivity index is 2.13. The largest absolute Gasteiger partial charge is 0.487 e. The maximum Gasteiger partial charge on any atom is 0.132 e. The topological polar surface area (TPSA) is 53.1 Å². The van der Waals surface area contributed by atoms with E-state index in [1.165, 1.54) is 11.1 Å². The molecule has 2 N–H and O–H groups in total. The van der Waals surface area contributed by atoms with Crippen LogP contribution in [0.15, 0.2) is 18.2 Å². The monoisotopic (exact) mass is 245 g/mol. The summed E-state index contributed by atoms with van der Waals surface area (Å²) in [6, 6.07) is 6.03. The molecular weight excluding hydrogens is 226 g/mol. The van der Waals surface area contributed by atoms with Crippen LogP contribution in [-0.2, 0) is 13.7 Å². The van der Waals surface area contributed by atoms with Crippen molar-refractivity contribution in [1.29, 1.82) is 0 Å². The third-order valence-electron chi connectivity index (χ3n) is 3.13. The smallest absolute Gasteiger partial charge is 0.132 e.